The van der Waals surface area contributed by atoms with Crippen LogP contribution in [0.4, 0.5) is 0 Å². The van der Waals surface area contributed by atoms with Gasteiger partial charge in [-0.25, -0.2) is 0 Å². The molecule has 1 atom stereocenters. The van der Waals surface area contributed by atoms with Crippen molar-refractivity contribution in [3.05, 3.63) is 0 Å². The molecule has 1 fully saturated rings. The molecule has 0 aromatic carbocycles. The van der Waals surface area contributed by atoms with E-state index in [0.717, 1.165) is 19.4 Å². The molecule has 0 aromatic rings. The van der Waals surface area contributed by atoms with Gasteiger partial charge in [-0.2, -0.15) is 5.26 Å². The predicted molar refractivity (Wildman–Crippen MR) is 37.3 cm³/mol. The molecule has 0 radical (unpaired) electrons. The molecular formula is C7H12N2O. The van der Waals surface area contributed by atoms with Gasteiger partial charge in [0.25, 0.3) is 0 Å². The highest BCUT2D eigenvalue weighted by Crippen LogP contribution is 2.08. The maximum absolute atomic E-state index is 9.16. The lowest BCUT2D eigenvalue weighted by atomic mass is 10.1. The van der Waals surface area contributed by atoms with Gasteiger partial charge in [-0.1, -0.05) is 0 Å². The van der Waals surface area contributed by atoms with E-state index in [1.54, 1.807) is 0 Å². The quantitative estimate of drug-likeness (QED) is 0.520. The number of aliphatic hydroxyl groups excluding tert-OH is 1. The van der Waals surface area contributed by atoms with E-state index in [0.29, 0.717) is 13.1 Å². The van der Waals surface area contributed by atoms with Gasteiger partial charge in [0.2, 0.25) is 0 Å². The molecule has 0 amide bonds. The van der Waals surface area contributed by atoms with Crippen molar-refractivity contribution >= 4 is 0 Å². The molecule has 1 N–H and O–H groups in total. The molecule has 0 unspecified atom stereocenters. The Balaban J connectivity index is 2.27. The molecular weight excluding hydrogens is 128 g/mol. The molecule has 1 aliphatic heterocycles. The topological polar surface area (TPSA) is 47.3 Å². The van der Waals surface area contributed by atoms with E-state index in [1.165, 1.54) is 0 Å². The SMILES string of the molecule is N#CCN1CCC[C@H](O)C1. The monoisotopic (exact) mass is 140 g/mol. The van der Waals surface area contributed by atoms with Crippen molar-refractivity contribution in [2.75, 3.05) is 19.6 Å². The molecule has 0 spiro atoms. The Morgan fingerprint density at radius 3 is 3.10 bits per heavy atom. The highest BCUT2D eigenvalue weighted by molar-refractivity contribution is 4.80. The lowest BCUT2D eigenvalue weighted by Gasteiger charge is -2.27. The average molecular weight is 140 g/mol. The van der Waals surface area contributed by atoms with Crippen LogP contribution in [-0.4, -0.2) is 35.7 Å². The summed E-state index contributed by atoms with van der Waals surface area (Å²) >= 11 is 0. The van der Waals surface area contributed by atoms with Crippen LogP contribution in [0.2, 0.25) is 0 Å². The summed E-state index contributed by atoms with van der Waals surface area (Å²) < 4.78 is 0. The molecule has 0 aliphatic carbocycles. The predicted octanol–water partition coefficient (Wildman–Crippen LogP) is -0.0333. The minimum Gasteiger partial charge on any atom is -0.392 e. The molecule has 3 heteroatoms. The van der Waals surface area contributed by atoms with Crippen LogP contribution in [0.5, 0.6) is 0 Å². The molecule has 0 bridgehead atoms. The Labute approximate surface area is 60.9 Å². The third-order valence-corrected chi connectivity index (χ3v) is 1.77. The Morgan fingerprint density at radius 1 is 1.70 bits per heavy atom. The van der Waals surface area contributed by atoms with E-state index in [4.69, 9.17) is 10.4 Å². The zero-order chi connectivity index (χ0) is 7.40. The molecule has 0 aromatic heterocycles. The second-order valence-corrected chi connectivity index (χ2v) is 2.69. The second-order valence-electron chi connectivity index (χ2n) is 2.69. The van der Waals surface area contributed by atoms with Gasteiger partial charge < -0.3 is 5.11 Å². The van der Waals surface area contributed by atoms with Gasteiger partial charge in [0.15, 0.2) is 0 Å². The van der Waals surface area contributed by atoms with Crippen molar-refractivity contribution < 1.29 is 5.11 Å². The fraction of sp³-hybridized carbons (Fsp3) is 0.857. The Bertz CT molecular complexity index is 141. The number of nitriles is 1. The third kappa shape index (κ3) is 1.98. The zero-order valence-electron chi connectivity index (χ0n) is 5.95. The highest BCUT2D eigenvalue weighted by Gasteiger charge is 2.16. The first-order valence-electron chi connectivity index (χ1n) is 3.60. The van der Waals surface area contributed by atoms with Gasteiger partial charge in [0.1, 0.15) is 0 Å². The van der Waals surface area contributed by atoms with Gasteiger partial charge in [0.05, 0.1) is 18.7 Å². The van der Waals surface area contributed by atoms with E-state index in [9.17, 15) is 0 Å². The summed E-state index contributed by atoms with van der Waals surface area (Å²) in [6.45, 7) is 2.09. The van der Waals surface area contributed by atoms with Gasteiger partial charge in [-0.05, 0) is 19.4 Å². The summed E-state index contributed by atoms with van der Waals surface area (Å²) in [7, 11) is 0. The molecule has 56 valence electrons. The van der Waals surface area contributed by atoms with E-state index >= 15 is 0 Å². The Kier molecular flexibility index (Phi) is 2.67. The normalized spacial score (nSPS) is 27.8. The van der Waals surface area contributed by atoms with Crippen molar-refractivity contribution in [2.24, 2.45) is 0 Å². The molecule has 0 saturated carbocycles. The van der Waals surface area contributed by atoms with Crippen LogP contribution in [-0.2, 0) is 0 Å². The van der Waals surface area contributed by atoms with E-state index < -0.39 is 0 Å². The van der Waals surface area contributed by atoms with Gasteiger partial charge >= 0.3 is 0 Å². The number of rotatable bonds is 1. The minimum absolute atomic E-state index is 0.206. The van der Waals surface area contributed by atoms with Crippen LogP contribution >= 0.6 is 0 Å². The maximum Gasteiger partial charge on any atom is 0.0866 e. The first-order chi connectivity index (χ1) is 4.83. The van der Waals surface area contributed by atoms with E-state index in [-0.39, 0.29) is 6.10 Å². The Hall–Kier alpha value is -0.590. The number of β-amino-alcohol motifs (C(OH)–C–C–N with tert-alkyl or cyclic N) is 1. The third-order valence-electron chi connectivity index (χ3n) is 1.77. The van der Waals surface area contributed by atoms with E-state index in [1.807, 2.05) is 4.90 Å². The number of likely N-dealkylation sites (tertiary alicyclic amines) is 1. The van der Waals surface area contributed by atoms with Crippen LogP contribution in [0, 0.1) is 11.3 Å². The minimum atomic E-state index is -0.206. The van der Waals surface area contributed by atoms with Crippen molar-refractivity contribution in [1.82, 2.24) is 4.90 Å². The summed E-state index contributed by atoms with van der Waals surface area (Å²) in [5, 5.41) is 17.5. The molecule has 1 saturated heterocycles. The fourth-order valence-corrected chi connectivity index (χ4v) is 1.27. The molecule has 1 heterocycles. The highest BCUT2D eigenvalue weighted by atomic mass is 16.3. The zero-order valence-corrected chi connectivity index (χ0v) is 5.95. The van der Waals surface area contributed by atoms with Crippen molar-refractivity contribution in [1.29, 1.82) is 5.26 Å². The summed E-state index contributed by atoms with van der Waals surface area (Å²) in [5.74, 6) is 0. The molecule has 10 heavy (non-hydrogen) atoms. The summed E-state index contributed by atoms with van der Waals surface area (Å²) in [5.41, 5.74) is 0. The summed E-state index contributed by atoms with van der Waals surface area (Å²) in [6, 6.07) is 2.07. The Morgan fingerprint density at radius 2 is 2.50 bits per heavy atom. The number of piperidine rings is 1. The van der Waals surface area contributed by atoms with Crippen LogP contribution in [0.3, 0.4) is 0 Å². The molecule has 1 rings (SSSR count). The smallest absolute Gasteiger partial charge is 0.0866 e. The second kappa shape index (κ2) is 3.55. The van der Waals surface area contributed by atoms with Crippen LogP contribution in [0.25, 0.3) is 0 Å². The van der Waals surface area contributed by atoms with Crippen molar-refractivity contribution in [2.45, 2.75) is 18.9 Å². The number of aliphatic hydroxyl groups is 1. The van der Waals surface area contributed by atoms with Gasteiger partial charge in [-0.3, -0.25) is 4.90 Å². The summed E-state index contributed by atoms with van der Waals surface area (Å²) in [4.78, 5) is 1.98. The number of nitrogens with zero attached hydrogens (tertiary/aromatic N) is 2. The largest absolute Gasteiger partial charge is 0.392 e. The van der Waals surface area contributed by atoms with Gasteiger partial charge in [-0.15, -0.1) is 0 Å². The molecule has 1 aliphatic rings. The van der Waals surface area contributed by atoms with Crippen molar-refractivity contribution in [3.63, 3.8) is 0 Å². The van der Waals surface area contributed by atoms with E-state index in [2.05, 4.69) is 6.07 Å². The average Bonchev–Trinajstić information content (AvgIpc) is 1.88. The first-order valence-corrected chi connectivity index (χ1v) is 3.60. The van der Waals surface area contributed by atoms with Gasteiger partial charge in [0, 0.05) is 6.54 Å². The van der Waals surface area contributed by atoms with Crippen LogP contribution < -0.4 is 0 Å². The summed E-state index contributed by atoms with van der Waals surface area (Å²) in [6.07, 6.45) is 1.70. The standard InChI is InChI=1S/C7H12N2O/c8-3-5-9-4-1-2-7(10)6-9/h7,10H,1-2,4-6H2/t7-/m0/s1. The number of hydrogen-bond donors (Lipinski definition) is 1. The molecule has 3 nitrogen and oxygen atoms in total. The van der Waals surface area contributed by atoms with Crippen LogP contribution in [0.1, 0.15) is 12.8 Å². The first kappa shape index (κ1) is 7.52. The number of hydrogen-bond acceptors (Lipinski definition) is 3. The lowest BCUT2D eigenvalue weighted by molar-refractivity contribution is 0.0778. The van der Waals surface area contributed by atoms with Crippen molar-refractivity contribution in [3.8, 4) is 6.07 Å². The maximum atomic E-state index is 9.16. The fourth-order valence-electron chi connectivity index (χ4n) is 1.27. The van der Waals surface area contributed by atoms with Crippen LogP contribution in [0.15, 0.2) is 0 Å². The lowest BCUT2D eigenvalue weighted by Crippen LogP contribution is -2.38.